The lowest BCUT2D eigenvalue weighted by Crippen LogP contribution is -2.43. The van der Waals surface area contributed by atoms with E-state index in [9.17, 15) is 0 Å². The van der Waals surface area contributed by atoms with Crippen molar-refractivity contribution in [1.82, 2.24) is 0 Å². The van der Waals surface area contributed by atoms with Crippen molar-refractivity contribution in [1.29, 1.82) is 0 Å². The van der Waals surface area contributed by atoms with Crippen LogP contribution in [0.5, 0.6) is 0 Å². The summed E-state index contributed by atoms with van der Waals surface area (Å²) in [6, 6.07) is 0.213. The second-order valence-corrected chi connectivity index (χ2v) is 10.4. The van der Waals surface area contributed by atoms with Crippen LogP contribution in [0.3, 0.4) is 0 Å². The van der Waals surface area contributed by atoms with E-state index in [2.05, 4.69) is 13.8 Å². The molecule has 0 bridgehead atoms. The molecule has 2 atom stereocenters. The molecule has 0 amide bonds. The molecular formula is C17H41NO4Si2. The average molecular weight is 380 g/mol. The third-order valence-electron chi connectivity index (χ3n) is 4.54. The Hall–Kier alpha value is 0.234. The van der Waals surface area contributed by atoms with Crippen LogP contribution in [-0.2, 0) is 18.9 Å². The molecular weight excluding hydrogens is 338 g/mol. The van der Waals surface area contributed by atoms with Gasteiger partial charge in [0.2, 0.25) is 0 Å². The van der Waals surface area contributed by atoms with Crippen LogP contribution in [0.4, 0.5) is 0 Å². The van der Waals surface area contributed by atoms with Crippen molar-refractivity contribution in [2.24, 2.45) is 5.73 Å². The van der Waals surface area contributed by atoms with Gasteiger partial charge in [0.1, 0.15) is 11.8 Å². The third-order valence-corrected chi connectivity index (χ3v) is 9.71. The van der Waals surface area contributed by atoms with Crippen molar-refractivity contribution in [2.45, 2.75) is 83.3 Å². The summed E-state index contributed by atoms with van der Waals surface area (Å²) in [4.78, 5) is 0. The topological polar surface area (TPSA) is 62.9 Å². The standard InChI is InChI=1S/C17H41NO4Si2/c1-7-13(23-16(19-9-3)20-10-4)15(18)14(8-2)24-17(21-11-5)22-12-6/h13-17H,7-12,18,23-24H2,1-6H3. The van der Waals surface area contributed by atoms with Crippen LogP contribution < -0.4 is 5.73 Å². The Bertz CT molecular complexity index is 249. The van der Waals surface area contributed by atoms with Crippen LogP contribution in [0.15, 0.2) is 0 Å². The van der Waals surface area contributed by atoms with Gasteiger partial charge in [0.25, 0.3) is 0 Å². The highest BCUT2D eigenvalue weighted by molar-refractivity contribution is 6.41. The first-order valence-electron chi connectivity index (χ1n) is 9.79. The van der Waals surface area contributed by atoms with Crippen molar-refractivity contribution in [3.8, 4) is 0 Å². The van der Waals surface area contributed by atoms with E-state index in [0.717, 1.165) is 12.8 Å². The van der Waals surface area contributed by atoms with E-state index in [4.69, 9.17) is 24.7 Å². The Morgan fingerprint density at radius 3 is 1.12 bits per heavy atom. The Morgan fingerprint density at radius 2 is 0.917 bits per heavy atom. The second kappa shape index (κ2) is 15.5. The van der Waals surface area contributed by atoms with E-state index in [1.807, 2.05) is 27.7 Å². The molecule has 5 nitrogen and oxygen atoms in total. The molecule has 0 saturated carbocycles. The molecule has 0 radical (unpaired) electrons. The Morgan fingerprint density at radius 1 is 0.625 bits per heavy atom. The Kier molecular flexibility index (Phi) is 15.6. The normalized spacial score (nSPS) is 16.9. The fraction of sp³-hybridized carbons (Fsp3) is 1.00. The largest absolute Gasteiger partial charge is 0.357 e. The SMILES string of the molecule is CCOC(OCC)[SiH2]C(CC)C(N)C(CC)[SiH2]C(OCC)OCC. The van der Waals surface area contributed by atoms with Crippen LogP contribution in [0, 0.1) is 0 Å². The molecule has 0 saturated heterocycles. The maximum absolute atomic E-state index is 6.71. The van der Waals surface area contributed by atoms with Gasteiger partial charge in [0.05, 0.1) is 19.0 Å². The average Bonchev–Trinajstić information content (AvgIpc) is 2.57. The first-order valence-corrected chi connectivity index (χ1v) is 13.1. The molecule has 7 heteroatoms. The first-order chi connectivity index (χ1) is 11.6. The van der Waals surface area contributed by atoms with E-state index in [0.29, 0.717) is 37.5 Å². The zero-order chi connectivity index (χ0) is 18.4. The Labute approximate surface area is 154 Å². The minimum absolute atomic E-state index is 0.00949. The lowest BCUT2D eigenvalue weighted by Gasteiger charge is -2.33. The minimum atomic E-state index is -0.568. The molecule has 0 aliphatic carbocycles. The maximum atomic E-state index is 6.71. The number of hydrogen-bond donors (Lipinski definition) is 1. The fourth-order valence-electron chi connectivity index (χ4n) is 3.18. The van der Waals surface area contributed by atoms with E-state index >= 15 is 0 Å². The van der Waals surface area contributed by atoms with Crippen LogP contribution in [0.2, 0.25) is 11.1 Å². The summed E-state index contributed by atoms with van der Waals surface area (Å²) in [5.41, 5.74) is 7.78. The Balaban J connectivity index is 4.80. The molecule has 2 N–H and O–H groups in total. The molecule has 24 heavy (non-hydrogen) atoms. The summed E-state index contributed by atoms with van der Waals surface area (Å²) in [6.07, 6.45) is 2.20. The molecule has 2 unspecified atom stereocenters. The van der Waals surface area contributed by atoms with Gasteiger partial charge in [-0.15, -0.1) is 0 Å². The van der Waals surface area contributed by atoms with Crippen LogP contribution in [0.25, 0.3) is 0 Å². The minimum Gasteiger partial charge on any atom is -0.357 e. The summed E-state index contributed by atoms with van der Waals surface area (Å²) in [5.74, 6) is -0.0190. The van der Waals surface area contributed by atoms with Gasteiger partial charge in [-0.2, -0.15) is 0 Å². The summed E-state index contributed by atoms with van der Waals surface area (Å²) in [5, 5.41) is 0. The van der Waals surface area contributed by atoms with Gasteiger partial charge in [0.15, 0.2) is 0 Å². The van der Waals surface area contributed by atoms with Crippen molar-refractivity contribution in [3.63, 3.8) is 0 Å². The lowest BCUT2D eigenvalue weighted by molar-refractivity contribution is -0.0842. The van der Waals surface area contributed by atoms with Gasteiger partial charge in [-0.1, -0.05) is 26.7 Å². The fourth-order valence-corrected chi connectivity index (χ4v) is 8.11. The second-order valence-electron chi connectivity index (χ2n) is 6.07. The smallest absolute Gasteiger partial charge is 0.135 e. The maximum Gasteiger partial charge on any atom is 0.135 e. The monoisotopic (exact) mass is 379 g/mol. The molecule has 0 heterocycles. The number of rotatable bonds is 16. The van der Waals surface area contributed by atoms with Crippen molar-refractivity contribution in [2.75, 3.05) is 26.4 Å². The molecule has 0 aliphatic heterocycles. The zero-order valence-corrected chi connectivity index (χ0v) is 19.6. The zero-order valence-electron chi connectivity index (χ0n) is 16.8. The van der Waals surface area contributed by atoms with Gasteiger partial charge in [-0.3, -0.25) is 0 Å². The summed E-state index contributed by atoms with van der Waals surface area (Å²) < 4.78 is 23.1. The summed E-state index contributed by atoms with van der Waals surface area (Å²) in [7, 11) is -1.14. The van der Waals surface area contributed by atoms with Crippen LogP contribution >= 0.6 is 0 Å². The van der Waals surface area contributed by atoms with Gasteiger partial charge >= 0.3 is 0 Å². The van der Waals surface area contributed by atoms with Gasteiger partial charge in [-0.25, -0.2) is 0 Å². The number of nitrogens with two attached hydrogens (primary N) is 1. The number of hydrogen-bond acceptors (Lipinski definition) is 5. The van der Waals surface area contributed by atoms with E-state index in [-0.39, 0.29) is 17.9 Å². The first kappa shape index (κ1) is 24.2. The lowest BCUT2D eigenvalue weighted by atomic mass is 10.1. The van der Waals surface area contributed by atoms with Crippen molar-refractivity contribution >= 4 is 19.0 Å². The molecule has 0 aromatic rings. The summed E-state index contributed by atoms with van der Waals surface area (Å²) in [6.45, 7) is 15.4. The number of ether oxygens (including phenoxy) is 4. The summed E-state index contributed by atoms with van der Waals surface area (Å²) >= 11 is 0. The molecule has 0 rings (SSSR count). The molecule has 146 valence electrons. The molecule has 0 fully saturated rings. The molecule has 0 aromatic heterocycles. The molecule has 0 spiro atoms. The predicted molar refractivity (Wildman–Crippen MR) is 107 cm³/mol. The molecule has 0 aromatic carbocycles. The van der Waals surface area contributed by atoms with E-state index in [1.54, 1.807) is 0 Å². The highest BCUT2D eigenvalue weighted by atomic mass is 28.2. The molecule has 0 aliphatic rings. The highest BCUT2D eigenvalue weighted by Crippen LogP contribution is 2.28. The quantitative estimate of drug-likeness (QED) is 0.327. The van der Waals surface area contributed by atoms with Crippen LogP contribution in [-0.4, -0.2) is 63.3 Å². The van der Waals surface area contributed by atoms with Gasteiger partial charge in [-0.05, 0) is 38.8 Å². The van der Waals surface area contributed by atoms with E-state index < -0.39 is 19.0 Å². The van der Waals surface area contributed by atoms with E-state index in [1.165, 1.54) is 0 Å². The van der Waals surface area contributed by atoms with Gasteiger partial charge < -0.3 is 24.7 Å². The third kappa shape index (κ3) is 9.65. The predicted octanol–water partition coefficient (Wildman–Crippen LogP) is 1.76. The van der Waals surface area contributed by atoms with Crippen molar-refractivity contribution in [3.05, 3.63) is 0 Å². The van der Waals surface area contributed by atoms with Crippen LogP contribution in [0.1, 0.15) is 54.4 Å². The van der Waals surface area contributed by atoms with Crippen molar-refractivity contribution < 1.29 is 18.9 Å². The highest BCUT2D eigenvalue weighted by Gasteiger charge is 2.30. The van der Waals surface area contributed by atoms with Gasteiger partial charge in [0, 0.05) is 32.5 Å².